The molecule has 2 aliphatic rings. The standard InChI is InChI=1S/C25H29FN2O6/c1-15-18(26)4-3-5-20(15)33-14-25(2)17(6-7-22(27)30)24(31)23-19(29)12-16(13-21(23)34-25)28-8-10-32-11-9-28/h3-5,12-13,17,29H,6-11,14H2,1-2H3,(H2,27,30). The van der Waals surface area contributed by atoms with Crippen LogP contribution in [0.1, 0.15) is 35.7 Å². The lowest BCUT2D eigenvalue weighted by Gasteiger charge is -2.41. The van der Waals surface area contributed by atoms with E-state index in [-0.39, 0.29) is 42.3 Å². The number of carbonyl (C=O) groups is 2. The number of Topliss-reactive ketones (excluding diaryl/α,β-unsaturated/α-hetero) is 1. The van der Waals surface area contributed by atoms with Gasteiger partial charge in [0.15, 0.2) is 11.4 Å². The van der Waals surface area contributed by atoms with Gasteiger partial charge in [-0.2, -0.15) is 0 Å². The normalized spacial score (nSPS) is 22.1. The quantitative estimate of drug-likeness (QED) is 0.637. The zero-order valence-corrected chi connectivity index (χ0v) is 19.3. The van der Waals surface area contributed by atoms with E-state index in [1.165, 1.54) is 6.07 Å². The molecule has 1 amide bonds. The Morgan fingerprint density at radius 2 is 2.06 bits per heavy atom. The summed E-state index contributed by atoms with van der Waals surface area (Å²) < 4.78 is 31.6. The van der Waals surface area contributed by atoms with Crippen LogP contribution in [0.25, 0.3) is 0 Å². The molecule has 3 N–H and O–H groups in total. The molecule has 4 rings (SSSR count). The van der Waals surface area contributed by atoms with Crippen molar-refractivity contribution in [2.75, 3.05) is 37.8 Å². The Morgan fingerprint density at radius 1 is 1.32 bits per heavy atom. The van der Waals surface area contributed by atoms with Crippen molar-refractivity contribution in [3.63, 3.8) is 0 Å². The van der Waals surface area contributed by atoms with E-state index in [4.69, 9.17) is 19.9 Å². The second-order valence-corrected chi connectivity index (χ2v) is 8.93. The zero-order valence-electron chi connectivity index (χ0n) is 19.3. The molecule has 0 bridgehead atoms. The van der Waals surface area contributed by atoms with Crippen LogP contribution in [0.4, 0.5) is 10.1 Å². The van der Waals surface area contributed by atoms with Gasteiger partial charge in [-0.25, -0.2) is 4.39 Å². The molecule has 182 valence electrons. The van der Waals surface area contributed by atoms with Gasteiger partial charge in [-0.1, -0.05) is 6.07 Å². The molecule has 0 saturated carbocycles. The number of fused-ring (bicyclic) bond motifs is 1. The van der Waals surface area contributed by atoms with Crippen molar-refractivity contribution < 1.29 is 33.3 Å². The first-order valence-electron chi connectivity index (χ1n) is 11.3. The zero-order chi connectivity index (χ0) is 24.5. The van der Waals surface area contributed by atoms with Crippen LogP contribution < -0.4 is 20.1 Å². The smallest absolute Gasteiger partial charge is 0.217 e. The van der Waals surface area contributed by atoms with Crippen LogP contribution in [-0.2, 0) is 9.53 Å². The minimum atomic E-state index is -1.19. The van der Waals surface area contributed by atoms with E-state index < -0.39 is 23.2 Å². The fourth-order valence-corrected chi connectivity index (χ4v) is 4.51. The van der Waals surface area contributed by atoms with E-state index in [9.17, 15) is 19.1 Å². The van der Waals surface area contributed by atoms with Crippen molar-refractivity contribution >= 4 is 17.4 Å². The number of phenols is 1. The number of primary amides is 1. The second-order valence-electron chi connectivity index (χ2n) is 8.93. The molecular formula is C25H29FN2O6. The van der Waals surface area contributed by atoms with E-state index >= 15 is 0 Å². The summed E-state index contributed by atoms with van der Waals surface area (Å²) in [6.45, 7) is 5.66. The molecule has 0 aliphatic carbocycles. The molecule has 34 heavy (non-hydrogen) atoms. The number of phenolic OH excluding ortho intramolecular Hbond substituents is 1. The summed E-state index contributed by atoms with van der Waals surface area (Å²) in [7, 11) is 0. The van der Waals surface area contributed by atoms with Gasteiger partial charge in [-0.3, -0.25) is 9.59 Å². The lowest BCUT2D eigenvalue weighted by Crippen LogP contribution is -2.52. The summed E-state index contributed by atoms with van der Waals surface area (Å²) in [5.74, 6) is -1.71. The first-order chi connectivity index (χ1) is 16.2. The van der Waals surface area contributed by atoms with Crippen molar-refractivity contribution in [3.8, 4) is 17.2 Å². The van der Waals surface area contributed by atoms with Gasteiger partial charge in [-0.15, -0.1) is 0 Å². The fourth-order valence-electron chi connectivity index (χ4n) is 4.51. The molecule has 0 spiro atoms. The van der Waals surface area contributed by atoms with E-state index in [0.29, 0.717) is 43.3 Å². The summed E-state index contributed by atoms with van der Waals surface area (Å²) in [6, 6.07) is 7.80. The maximum atomic E-state index is 14.0. The Hall–Kier alpha value is -3.33. The topological polar surface area (TPSA) is 111 Å². The predicted octanol–water partition coefficient (Wildman–Crippen LogP) is 2.97. The fraction of sp³-hybridized carbons (Fsp3) is 0.440. The van der Waals surface area contributed by atoms with Crippen LogP contribution in [0.5, 0.6) is 17.2 Å². The first-order valence-corrected chi connectivity index (χ1v) is 11.3. The molecular weight excluding hydrogens is 443 g/mol. The Morgan fingerprint density at radius 3 is 2.76 bits per heavy atom. The number of halogens is 1. The molecule has 0 aromatic heterocycles. The van der Waals surface area contributed by atoms with Crippen LogP contribution in [-0.4, -0.2) is 55.3 Å². The van der Waals surface area contributed by atoms with Crippen molar-refractivity contribution in [1.82, 2.24) is 0 Å². The third kappa shape index (κ3) is 4.65. The maximum absolute atomic E-state index is 14.0. The van der Waals surface area contributed by atoms with Gasteiger partial charge < -0.3 is 30.0 Å². The highest BCUT2D eigenvalue weighted by molar-refractivity contribution is 6.05. The third-order valence-corrected chi connectivity index (χ3v) is 6.50. The van der Waals surface area contributed by atoms with E-state index in [1.54, 1.807) is 38.1 Å². The molecule has 2 unspecified atom stereocenters. The van der Waals surface area contributed by atoms with Crippen LogP contribution >= 0.6 is 0 Å². The number of hydrogen-bond donors (Lipinski definition) is 2. The maximum Gasteiger partial charge on any atom is 0.217 e. The van der Waals surface area contributed by atoms with Crippen LogP contribution in [0.3, 0.4) is 0 Å². The number of ether oxygens (including phenoxy) is 3. The van der Waals surface area contributed by atoms with Gasteiger partial charge in [0.1, 0.15) is 35.2 Å². The average Bonchev–Trinajstić information content (AvgIpc) is 2.79. The Kier molecular flexibility index (Phi) is 6.65. The average molecular weight is 473 g/mol. The molecule has 2 aliphatic heterocycles. The second kappa shape index (κ2) is 9.50. The monoisotopic (exact) mass is 472 g/mol. The number of hydrogen-bond acceptors (Lipinski definition) is 7. The van der Waals surface area contributed by atoms with Crippen molar-refractivity contribution in [2.24, 2.45) is 11.7 Å². The van der Waals surface area contributed by atoms with E-state index in [1.807, 2.05) is 4.90 Å². The largest absolute Gasteiger partial charge is 0.507 e. The molecule has 9 heteroatoms. The molecule has 0 radical (unpaired) electrons. The van der Waals surface area contributed by atoms with Gasteiger partial charge in [0.05, 0.1) is 19.1 Å². The minimum absolute atomic E-state index is 0.0314. The number of anilines is 1. The number of carbonyl (C=O) groups excluding carboxylic acids is 2. The number of aromatic hydroxyl groups is 1. The molecule has 2 heterocycles. The number of morpholine rings is 1. The molecule has 2 atom stereocenters. The summed E-state index contributed by atoms with van der Waals surface area (Å²) in [5, 5.41) is 10.8. The van der Waals surface area contributed by atoms with Crippen molar-refractivity contribution in [2.45, 2.75) is 32.3 Å². The van der Waals surface area contributed by atoms with Crippen LogP contribution in [0.2, 0.25) is 0 Å². The van der Waals surface area contributed by atoms with Crippen molar-refractivity contribution in [3.05, 3.63) is 47.3 Å². The Balaban J connectivity index is 1.68. The number of nitrogens with two attached hydrogens (primary N) is 1. The Labute approximate surface area is 197 Å². The SMILES string of the molecule is Cc1c(F)cccc1OCC1(C)Oc2cc(N3CCOCC3)cc(O)c2C(=O)C1CCC(N)=O. The van der Waals surface area contributed by atoms with Gasteiger partial charge in [-0.05, 0) is 32.4 Å². The van der Waals surface area contributed by atoms with E-state index in [0.717, 1.165) is 0 Å². The van der Waals surface area contributed by atoms with Gasteiger partial charge in [0.2, 0.25) is 5.91 Å². The molecule has 2 aromatic rings. The first kappa shape index (κ1) is 23.8. The van der Waals surface area contributed by atoms with Crippen LogP contribution in [0, 0.1) is 18.7 Å². The van der Waals surface area contributed by atoms with Gasteiger partial charge in [0.25, 0.3) is 0 Å². The van der Waals surface area contributed by atoms with Crippen LogP contribution in [0.15, 0.2) is 30.3 Å². The summed E-state index contributed by atoms with van der Waals surface area (Å²) in [5.41, 5.74) is 5.29. The lowest BCUT2D eigenvalue weighted by atomic mass is 9.77. The molecule has 8 nitrogen and oxygen atoms in total. The van der Waals surface area contributed by atoms with Crippen molar-refractivity contribution in [1.29, 1.82) is 0 Å². The van der Waals surface area contributed by atoms with Gasteiger partial charge in [0, 0.05) is 42.9 Å². The van der Waals surface area contributed by atoms with E-state index in [2.05, 4.69) is 0 Å². The number of nitrogens with zero attached hydrogens (tertiary/aromatic N) is 1. The highest BCUT2D eigenvalue weighted by Gasteiger charge is 2.48. The molecule has 2 aromatic carbocycles. The Bertz CT molecular complexity index is 1100. The number of benzene rings is 2. The highest BCUT2D eigenvalue weighted by atomic mass is 19.1. The summed E-state index contributed by atoms with van der Waals surface area (Å²) >= 11 is 0. The number of amides is 1. The number of ketones is 1. The summed E-state index contributed by atoms with van der Waals surface area (Å²) in [6.07, 6.45) is 0.0938. The predicted molar refractivity (Wildman–Crippen MR) is 123 cm³/mol. The lowest BCUT2D eigenvalue weighted by molar-refractivity contribution is -0.118. The molecule has 1 saturated heterocycles. The number of rotatable bonds is 7. The summed E-state index contributed by atoms with van der Waals surface area (Å²) in [4.78, 5) is 27.1. The molecule has 1 fully saturated rings. The third-order valence-electron chi connectivity index (χ3n) is 6.50. The minimum Gasteiger partial charge on any atom is -0.507 e. The van der Waals surface area contributed by atoms with Gasteiger partial charge >= 0.3 is 0 Å². The highest BCUT2D eigenvalue weighted by Crippen LogP contribution is 2.45.